The van der Waals surface area contributed by atoms with Gasteiger partial charge < -0.3 is 10.2 Å². The quantitative estimate of drug-likeness (QED) is 0.652. The van der Waals surface area contributed by atoms with Crippen molar-refractivity contribution in [1.82, 2.24) is 30.6 Å². The van der Waals surface area contributed by atoms with Crippen molar-refractivity contribution in [2.24, 2.45) is 0 Å². The molecule has 3 heterocycles. The van der Waals surface area contributed by atoms with Crippen LogP contribution in [0.25, 0.3) is 10.9 Å². The Labute approximate surface area is 156 Å². The molecule has 0 radical (unpaired) electrons. The van der Waals surface area contributed by atoms with Crippen molar-refractivity contribution in [3.63, 3.8) is 0 Å². The topological polar surface area (TPSA) is 107 Å². The summed E-state index contributed by atoms with van der Waals surface area (Å²) in [5.74, 6) is -0.0823. The number of hydrogen-bond donors (Lipinski definition) is 3. The molecule has 1 aliphatic rings. The van der Waals surface area contributed by atoms with Crippen LogP contribution in [0.15, 0.2) is 36.8 Å². The first kappa shape index (κ1) is 17.3. The van der Waals surface area contributed by atoms with E-state index in [1.54, 1.807) is 24.7 Å². The molecule has 2 aromatic heterocycles. The Morgan fingerprint density at radius 3 is 3.00 bits per heavy atom. The highest BCUT2D eigenvalue weighted by Gasteiger charge is 2.34. The molecule has 3 aromatic rings. The lowest BCUT2D eigenvalue weighted by molar-refractivity contribution is -0.132. The second kappa shape index (κ2) is 6.86. The smallest absolute Gasteiger partial charge is 0.251 e. The van der Waals surface area contributed by atoms with Crippen LogP contribution < -0.4 is 5.32 Å². The lowest BCUT2D eigenvalue weighted by Crippen LogP contribution is -2.58. The number of benzene rings is 1. The first-order valence-electron chi connectivity index (χ1n) is 9.03. The van der Waals surface area contributed by atoms with Crippen LogP contribution >= 0.6 is 0 Å². The Morgan fingerprint density at radius 1 is 1.30 bits per heavy atom. The summed E-state index contributed by atoms with van der Waals surface area (Å²) >= 11 is 0. The van der Waals surface area contributed by atoms with Crippen molar-refractivity contribution in [2.45, 2.75) is 31.7 Å². The summed E-state index contributed by atoms with van der Waals surface area (Å²) in [7, 11) is 0. The zero-order chi connectivity index (χ0) is 18.9. The first-order chi connectivity index (χ1) is 13.0. The third-order valence-electron chi connectivity index (χ3n) is 5.08. The highest BCUT2D eigenvalue weighted by atomic mass is 16.2. The zero-order valence-corrected chi connectivity index (χ0v) is 15.2. The van der Waals surface area contributed by atoms with Crippen molar-refractivity contribution >= 4 is 22.7 Å². The Bertz CT molecular complexity index is 964. The number of aromatic nitrogens is 4. The molecule has 3 N–H and O–H groups in total. The molecule has 1 atom stereocenters. The largest absolute Gasteiger partial charge is 0.345 e. The minimum Gasteiger partial charge on any atom is -0.345 e. The molecule has 1 aliphatic heterocycles. The number of hydrogen-bond acceptors (Lipinski definition) is 4. The van der Waals surface area contributed by atoms with Crippen LogP contribution in [0.2, 0.25) is 0 Å². The number of nitrogens with one attached hydrogen (secondary N) is 3. The molecule has 0 spiro atoms. The van der Waals surface area contributed by atoms with Crippen LogP contribution in [0.1, 0.15) is 35.7 Å². The van der Waals surface area contributed by atoms with Crippen molar-refractivity contribution in [3.8, 4) is 0 Å². The van der Waals surface area contributed by atoms with Gasteiger partial charge in [0.05, 0.1) is 29.9 Å². The van der Waals surface area contributed by atoms with E-state index < -0.39 is 5.54 Å². The summed E-state index contributed by atoms with van der Waals surface area (Å²) in [6, 6.07) is 5.45. The van der Waals surface area contributed by atoms with Crippen LogP contribution in [0.3, 0.4) is 0 Å². The predicted molar refractivity (Wildman–Crippen MR) is 100 cm³/mol. The van der Waals surface area contributed by atoms with Crippen LogP contribution in [-0.2, 0) is 11.2 Å². The maximum atomic E-state index is 12.8. The van der Waals surface area contributed by atoms with E-state index in [1.165, 1.54) is 0 Å². The number of likely N-dealkylation sites (tertiary alicyclic amines) is 1. The average molecular weight is 366 g/mol. The summed E-state index contributed by atoms with van der Waals surface area (Å²) in [5, 5.41) is 17.5. The number of rotatable bonds is 4. The van der Waals surface area contributed by atoms with Gasteiger partial charge in [-0.3, -0.25) is 19.8 Å². The predicted octanol–water partition coefficient (Wildman–Crippen LogP) is 1.64. The first-order valence-corrected chi connectivity index (χ1v) is 9.03. The minimum absolute atomic E-state index is 0.0522. The van der Waals surface area contributed by atoms with E-state index >= 15 is 0 Å². The molecule has 8 heteroatoms. The molecule has 8 nitrogen and oxygen atoms in total. The van der Waals surface area contributed by atoms with Gasteiger partial charge in [-0.05, 0) is 43.5 Å². The van der Waals surface area contributed by atoms with E-state index in [9.17, 15) is 9.59 Å². The molecular formula is C19H22N6O2. The molecule has 1 fully saturated rings. The fourth-order valence-electron chi connectivity index (χ4n) is 3.65. The van der Waals surface area contributed by atoms with Gasteiger partial charge in [0.15, 0.2) is 0 Å². The molecule has 140 valence electrons. The highest BCUT2D eigenvalue weighted by molar-refractivity contribution is 5.98. The lowest BCUT2D eigenvalue weighted by atomic mass is 9.90. The average Bonchev–Trinajstić information content (AvgIpc) is 3.32. The molecule has 4 rings (SSSR count). The zero-order valence-electron chi connectivity index (χ0n) is 15.2. The summed E-state index contributed by atoms with van der Waals surface area (Å²) in [4.78, 5) is 27.2. The van der Waals surface area contributed by atoms with Gasteiger partial charge in [-0.1, -0.05) is 0 Å². The summed E-state index contributed by atoms with van der Waals surface area (Å²) < 4.78 is 0. The van der Waals surface area contributed by atoms with Crippen molar-refractivity contribution in [2.75, 3.05) is 13.1 Å². The van der Waals surface area contributed by atoms with E-state index in [-0.39, 0.29) is 11.8 Å². The second-order valence-corrected chi connectivity index (χ2v) is 7.39. The van der Waals surface area contributed by atoms with E-state index in [2.05, 4.69) is 25.7 Å². The van der Waals surface area contributed by atoms with Gasteiger partial charge in [-0.25, -0.2) is 0 Å². The fourth-order valence-corrected chi connectivity index (χ4v) is 3.65. The number of amides is 2. The van der Waals surface area contributed by atoms with Gasteiger partial charge in [-0.2, -0.15) is 10.2 Å². The van der Waals surface area contributed by atoms with Crippen molar-refractivity contribution < 1.29 is 9.59 Å². The summed E-state index contributed by atoms with van der Waals surface area (Å²) in [6.07, 6.45) is 7.10. The maximum Gasteiger partial charge on any atom is 0.251 e. The second-order valence-electron chi connectivity index (χ2n) is 7.39. The third-order valence-corrected chi connectivity index (χ3v) is 5.08. The van der Waals surface area contributed by atoms with Gasteiger partial charge in [0, 0.05) is 30.2 Å². The minimum atomic E-state index is -0.452. The molecule has 27 heavy (non-hydrogen) atoms. The van der Waals surface area contributed by atoms with Gasteiger partial charge in [0.2, 0.25) is 5.91 Å². The number of aromatic amines is 2. The Morgan fingerprint density at radius 2 is 2.19 bits per heavy atom. The SMILES string of the molecule is CC1(NC(=O)c2ccc3[nH]ncc3c2)CCCN(C(=O)Cc2cn[nH]c2)C1. The van der Waals surface area contributed by atoms with Crippen molar-refractivity contribution in [3.05, 3.63) is 47.9 Å². The third kappa shape index (κ3) is 3.69. The van der Waals surface area contributed by atoms with Crippen LogP contribution in [0, 0.1) is 0 Å². The normalized spacial score (nSPS) is 20.0. The molecule has 0 bridgehead atoms. The standard InChI is InChI=1S/C19H22N6O2/c1-19(23-18(27)14-3-4-16-15(8-14)11-22-24-16)5-2-6-25(12-19)17(26)7-13-9-20-21-10-13/h3-4,8-11H,2,5-7,12H2,1H3,(H,20,21)(H,22,24)(H,23,27). The highest BCUT2D eigenvalue weighted by Crippen LogP contribution is 2.23. The Hall–Kier alpha value is -3.16. The molecule has 0 aliphatic carbocycles. The Balaban J connectivity index is 1.43. The Kier molecular flexibility index (Phi) is 4.39. The van der Waals surface area contributed by atoms with E-state index in [4.69, 9.17) is 0 Å². The number of piperidine rings is 1. The number of nitrogens with zero attached hydrogens (tertiary/aromatic N) is 3. The molecule has 1 aromatic carbocycles. The van der Waals surface area contributed by atoms with Crippen LogP contribution in [-0.4, -0.2) is 55.7 Å². The van der Waals surface area contributed by atoms with E-state index in [0.717, 1.165) is 29.3 Å². The molecule has 0 saturated carbocycles. The van der Waals surface area contributed by atoms with E-state index in [1.807, 2.05) is 24.0 Å². The van der Waals surface area contributed by atoms with Crippen LogP contribution in [0.5, 0.6) is 0 Å². The molecule has 2 amide bonds. The van der Waals surface area contributed by atoms with E-state index in [0.29, 0.717) is 25.1 Å². The number of fused-ring (bicyclic) bond motifs is 1. The van der Waals surface area contributed by atoms with Crippen molar-refractivity contribution in [1.29, 1.82) is 0 Å². The van der Waals surface area contributed by atoms with Gasteiger partial charge >= 0.3 is 0 Å². The van der Waals surface area contributed by atoms with Gasteiger partial charge in [-0.15, -0.1) is 0 Å². The lowest BCUT2D eigenvalue weighted by Gasteiger charge is -2.41. The molecular weight excluding hydrogens is 344 g/mol. The van der Waals surface area contributed by atoms with Gasteiger partial charge in [0.25, 0.3) is 5.91 Å². The monoisotopic (exact) mass is 366 g/mol. The van der Waals surface area contributed by atoms with Gasteiger partial charge in [0.1, 0.15) is 0 Å². The number of carbonyl (C=O) groups excluding carboxylic acids is 2. The number of H-pyrrole nitrogens is 2. The fraction of sp³-hybridized carbons (Fsp3) is 0.368. The van der Waals surface area contributed by atoms with Crippen LogP contribution in [0.4, 0.5) is 0 Å². The molecule has 1 unspecified atom stereocenters. The molecule has 1 saturated heterocycles. The summed E-state index contributed by atoms with van der Waals surface area (Å²) in [6.45, 7) is 3.21. The maximum absolute atomic E-state index is 12.8. The summed E-state index contributed by atoms with van der Waals surface area (Å²) in [5.41, 5.74) is 1.90. The number of carbonyl (C=O) groups is 2.